The van der Waals surface area contributed by atoms with E-state index < -0.39 is 0 Å². The van der Waals surface area contributed by atoms with Crippen LogP contribution in [0.25, 0.3) is 0 Å². The van der Waals surface area contributed by atoms with Gasteiger partial charge in [0, 0.05) is 23.8 Å². The molecule has 20 heavy (non-hydrogen) atoms. The highest BCUT2D eigenvalue weighted by molar-refractivity contribution is 5.25. The van der Waals surface area contributed by atoms with Gasteiger partial charge in [-0.25, -0.2) is 0 Å². The summed E-state index contributed by atoms with van der Waals surface area (Å²) in [5.74, 6) is 0. The van der Waals surface area contributed by atoms with E-state index in [2.05, 4.69) is 17.3 Å². The van der Waals surface area contributed by atoms with Crippen LogP contribution >= 0.6 is 0 Å². The lowest BCUT2D eigenvalue weighted by atomic mass is 9.93. The molecule has 5 nitrogen and oxygen atoms in total. The smallest absolute Gasteiger partial charge is 0.0704 e. The lowest BCUT2D eigenvalue weighted by Crippen LogP contribution is -2.32. The third-order valence-corrected chi connectivity index (χ3v) is 4.49. The monoisotopic (exact) mass is 279 g/mol. The second-order valence-electron chi connectivity index (χ2n) is 5.99. The molecule has 1 aliphatic heterocycles. The Labute approximate surface area is 120 Å². The van der Waals surface area contributed by atoms with Crippen molar-refractivity contribution in [3.05, 3.63) is 17.5 Å². The van der Waals surface area contributed by atoms with Crippen LogP contribution in [-0.2, 0) is 17.7 Å². The standard InChI is InChI=1S/C15H25N3O2/c1-11-5-6-12(20-11)9-16-14-3-2-4-15-13(14)10-17-18(15)7-8-19/h10-12,14,16,19H,2-9H2,1H3. The van der Waals surface area contributed by atoms with Crippen molar-refractivity contribution in [2.45, 2.75) is 63.8 Å². The molecule has 0 saturated carbocycles. The molecule has 2 N–H and O–H groups in total. The molecule has 1 fully saturated rings. The van der Waals surface area contributed by atoms with E-state index in [1.165, 1.54) is 30.5 Å². The van der Waals surface area contributed by atoms with Crippen molar-refractivity contribution in [3.63, 3.8) is 0 Å². The number of hydrogen-bond acceptors (Lipinski definition) is 4. The van der Waals surface area contributed by atoms with E-state index in [0.29, 0.717) is 24.8 Å². The van der Waals surface area contributed by atoms with Gasteiger partial charge in [0.15, 0.2) is 0 Å². The second-order valence-corrected chi connectivity index (χ2v) is 5.99. The molecular formula is C15H25N3O2. The molecule has 0 aromatic carbocycles. The molecule has 3 unspecified atom stereocenters. The molecule has 3 rings (SSSR count). The number of fused-ring (bicyclic) bond motifs is 1. The van der Waals surface area contributed by atoms with Crippen LogP contribution in [0.15, 0.2) is 6.20 Å². The van der Waals surface area contributed by atoms with Crippen LogP contribution in [0.3, 0.4) is 0 Å². The highest BCUT2D eigenvalue weighted by Crippen LogP contribution is 2.30. The quantitative estimate of drug-likeness (QED) is 0.855. The Morgan fingerprint density at radius 2 is 2.35 bits per heavy atom. The van der Waals surface area contributed by atoms with Crippen LogP contribution in [0.5, 0.6) is 0 Å². The van der Waals surface area contributed by atoms with Crippen molar-refractivity contribution in [2.75, 3.05) is 13.2 Å². The molecule has 3 atom stereocenters. The van der Waals surface area contributed by atoms with Crippen LogP contribution in [0.1, 0.15) is 49.9 Å². The number of nitrogens with zero attached hydrogens (tertiary/aromatic N) is 2. The van der Waals surface area contributed by atoms with Gasteiger partial charge in [0.25, 0.3) is 0 Å². The molecule has 0 bridgehead atoms. The van der Waals surface area contributed by atoms with Crippen LogP contribution in [0.2, 0.25) is 0 Å². The Morgan fingerprint density at radius 1 is 1.45 bits per heavy atom. The first-order chi connectivity index (χ1) is 9.78. The number of aliphatic hydroxyl groups excluding tert-OH is 1. The summed E-state index contributed by atoms with van der Waals surface area (Å²) in [5, 5.41) is 17.2. The summed E-state index contributed by atoms with van der Waals surface area (Å²) in [6, 6.07) is 0.394. The van der Waals surface area contributed by atoms with E-state index in [9.17, 15) is 0 Å². The van der Waals surface area contributed by atoms with Gasteiger partial charge in [-0.1, -0.05) is 0 Å². The van der Waals surface area contributed by atoms with E-state index in [1.54, 1.807) is 0 Å². The molecule has 0 radical (unpaired) electrons. The second kappa shape index (κ2) is 6.24. The SMILES string of the molecule is CC1CCC(CNC2CCCc3c2cnn3CCO)O1. The van der Waals surface area contributed by atoms with E-state index in [-0.39, 0.29) is 6.61 Å². The van der Waals surface area contributed by atoms with Gasteiger partial charge in [0.1, 0.15) is 0 Å². The molecule has 112 valence electrons. The fourth-order valence-electron chi connectivity index (χ4n) is 3.43. The van der Waals surface area contributed by atoms with Crippen molar-refractivity contribution < 1.29 is 9.84 Å². The number of aromatic nitrogens is 2. The lowest BCUT2D eigenvalue weighted by molar-refractivity contribution is 0.0539. The predicted octanol–water partition coefficient (Wildman–Crippen LogP) is 1.41. The highest BCUT2D eigenvalue weighted by Gasteiger charge is 2.26. The zero-order valence-electron chi connectivity index (χ0n) is 12.2. The fraction of sp³-hybridized carbons (Fsp3) is 0.800. The van der Waals surface area contributed by atoms with E-state index in [4.69, 9.17) is 9.84 Å². The molecule has 2 aliphatic rings. The third kappa shape index (κ3) is 2.90. The summed E-state index contributed by atoms with van der Waals surface area (Å²) in [4.78, 5) is 0. The fourth-order valence-corrected chi connectivity index (χ4v) is 3.43. The summed E-state index contributed by atoms with van der Waals surface area (Å²) in [5.41, 5.74) is 2.61. The Hall–Kier alpha value is -0.910. The summed E-state index contributed by atoms with van der Waals surface area (Å²) >= 11 is 0. The van der Waals surface area contributed by atoms with E-state index >= 15 is 0 Å². The molecule has 0 amide bonds. The van der Waals surface area contributed by atoms with Gasteiger partial charge < -0.3 is 15.2 Å². The average Bonchev–Trinajstić information content (AvgIpc) is 3.04. The molecular weight excluding hydrogens is 254 g/mol. The maximum atomic E-state index is 9.08. The molecule has 2 heterocycles. The van der Waals surface area contributed by atoms with Crippen LogP contribution in [-0.4, -0.2) is 40.2 Å². The minimum absolute atomic E-state index is 0.153. The molecule has 1 aliphatic carbocycles. The van der Waals surface area contributed by atoms with Gasteiger partial charge in [-0.3, -0.25) is 4.68 Å². The van der Waals surface area contributed by atoms with Gasteiger partial charge in [0.05, 0.1) is 31.6 Å². The predicted molar refractivity (Wildman–Crippen MR) is 76.6 cm³/mol. The normalized spacial score (nSPS) is 29.6. The van der Waals surface area contributed by atoms with Crippen molar-refractivity contribution in [1.82, 2.24) is 15.1 Å². The maximum absolute atomic E-state index is 9.08. The Morgan fingerprint density at radius 3 is 3.10 bits per heavy atom. The van der Waals surface area contributed by atoms with Gasteiger partial charge in [-0.2, -0.15) is 5.10 Å². The first-order valence-corrected chi connectivity index (χ1v) is 7.82. The van der Waals surface area contributed by atoms with Crippen molar-refractivity contribution in [2.24, 2.45) is 0 Å². The lowest BCUT2D eigenvalue weighted by Gasteiger charge is -2.25. The van der Waals surface area contributed by atoms with Crippen molar-refractivity contribution in [1.29, 1.82) is 0 Å². The van der Waals surface area contributed by atoms with E-state index in [0.717, 1.165) is 19.4 Å². The minimum atomic E-state index is 0.153. The molecule has 1 saturated heterocycles. The molecule has 5 heteroatoms. The minimum Gasteiger partial charge on any atom is -0.394 e. The zero-order chi connectivity index (χ0) is 13.9. The third-order valence-electron chi connectivity index (χ3n) is 4.49. The first-order valence-electron chi connectivity index (χ1n) is 7.82. The Balaban J connectivity index is 1.61. The zero-order valence-corrected chi connectivity index (χ0v) is 12.2. The van der Waals surface area contributed by atoms with Crippen LogP contribution < -0.4 is 5.32 Å². The first kappa shape index (κ1) is 14.0. The van der Waals surface area contributed by atoms with Crippen molar-refractivity contribution >= 4 is 0 Å². The van der Waals surface area contributed by atoms with Gasteiger partial charge in [-0.15, -0.1) is 0 Å². The summed E-state index contributed by atoms with van der Waals surface area (Å²) in [7, 11) is 0. The van der Waals surface area contributed by atoms with Crippen LogP contribution in [0, 0.1) is 0 Å². The summed E-state index contributed by atoms with van der Waals surface area (Å²) < 4.78 is 7.82. The number of hydrogen-bond donors (Lipinski definition) is 2. The molecule has 1 aromatic rings. The Bertz CT molecular complexity index is 446. The number of nitrogens with one attached hydrogen (secondary N) is 1. The summed E-state index contributed by atoms with van der Waals surface area (Å²) in [6.45, 7) is 3.84. The van der Waals surface area contributed by atoms with Gasteiger partial charge >= 0.3 is 0 Å². The topological polar surface area (TPSA) is 59.3 Å². The van der Waals surface area contributed by atoms with E-state index in [1.807, 2.05) is 10.9 Å². The van der Waals surface area contributed by atoms with Crippen molar-refractivity contribution in [3.8, 4) is 0 Å². The number of aliphatic hydroxyl groups is 1. The average molecular weight is 279 g/mol. The molecule has 0 spiro atoms. The maximum Gasteiger partial charge on any atom is 0.0704 e. The number of ether oxygens (including phenoxy) is 1. The van der Waals surface area contributed by atoms with Crippen LogP contribution in [0.4, 0.5) is 0 Å². The summed E-state index contributed by atoms with van der Waals surface area (Å²) in [6.07, 6.45) is 8.52. The highest BCUT2D eigenvalue weighted by atomic mass is 16.5. The van der Waals surface area contributed by atoms with Gasteiger partial charge in [0.2, 0.25) is 0 Å². The Kier molecular flexibility index (Phi) is 4.38. The number of rotatable bonds is 5. The van der Waals surface area contributed by atoms with Gasteiger partial charge in [-0.05, 0) is 39.0 Å². The largest absolute Gasteiger partial charge is 0.394 e. The molecule has 1 aromatic heterocycles.